The Morgan fingerprint density at radius 3 is 2.49 bits per heavy atom. The summed E-state index contributed by atoms with van der Waals surface area (Å²) >= 11 is 1.75. The second-order valence-corrected chi connectivity index (χ2v) is 9.32. The van der Waals surface area contributed by atoms with Gasteiger partial charge in [-0.15, -0.1) is 0 Å². The molecule has 0 spiro atoms. The minimum absolute atomic E-state index is 0.0122. The maximum atomic E-state index is 12.7. The van der Waals surface area contributed by atoms with E-state index in [0.29, 0.717) is 36.5 Å². The number of piperazine rings is 1. The average molecular weight is 524 g/mol. The van der Waals surface area contributed by atoms with Crippen molar-refractivity contribution < 1.29 is 9.59 Å². The molecule has 0 aliphatic carbocycles. The van der Waals surface area contributed by atoms with E-state index in [1.54, 1.807) is 30.0 Å². The quantitative estimate of drug-likeness (QED) is 0.313. The van der Waals surface area contributed by atoms with Gasteiger partial charge in [0.05, 0.1) is 6.54 Å². The lowest BCUT2D eigenvalue weighted by molar-refractivity contribution is -0.120. The molecule has 1 fully saturated rings. The third-order valence-electron chi connectivity index (χ3n) is 5.00. The minimum atomic E-state index is -0.303. The molecule has 0 bridgehead atoms. The molecule has 12 heteroatoms. The molecule has 1 aliphatic heterocycles. The van der Waals surface area contributed by atoms with E-state index >= 15 is 0 Å². The Labute approximate surface area is 221 Å². The monoisotopic (exact) mass is 523 g/mol. The van der Waals surface area contributed by atoms with Crippen LogP contribution >= 0.6 is 11.8 Å². The van der Waals surface area contributed by atoms with E-state index in [-0.39, 0.29) is 23.4 Å². The number of aromatic nitrogens is 3. The zero-order valence-corrected chi connectivity index (χ0v) is 22.2. The van der Waals surface area contributed by atoms with Crippen molar-refractivity contribution in [3.05, 3.63) is 54.2 Å². The van der Waals surface area contributed by atoms with Crippen molar-refractivity contribution in [2.24, 2.45) is 0 Å². The highest BCUT2D eigenvalue weighted by Gasteiger charge is 2.18. The van der Waals surface area contributed by atoms with Gasteiger partial charge in [0.15, 0.2) is 0 Å². The Morgan fingerprint density at radius 1 is 1.11 bits per heavy atom. The highest BCUT2D eigenvalue weighted by Crippen LogP contribution is 2.23. The molecule has 2 aromatic heterocycles. The third-order valence-corrected chi connectivity index (χ3v) is 5.00. The largest absolute Gasteiger partial charge is 0.384 e. The van der Waals surface area contributed by atoms with Gasteiger partial charge in [-0.05, 0) is 62.8 Å². The highest BCUT2D eigenvalue weighted by molar-refractivity contribution is 7.97. The maximum Gasteiger partial charge on any atom is 0.256 e. The van der Waals surface area contributed by atoms with E-state index in [4.69, 9.17) is 5.73 Å². The molecule has 37 heavy (non-hydrogen) atoms. The van der Waals surface area contributed by atoms with Gasteiger partial charge in [-0.2, -0.15) is 16.7 Å². The molecule has 4 rings (SSSR count). The molecular weight excluding hydrogens is 490 g/mol. The molecule has 0 atom stereocenters. The number of pyridine rings is 1. The fourth-order valence-corrected chi connectivity index (χ4v) is 3.43. The minimum Gasteiger partial charge on any atom is -0.384 e. The van der Waals surface area contributed by atoms with Gasteiger partial charge in [0.2, 0.25) is 11.9 Å². The number of nitrogens with two attached hydrogens (primary N) is 1. The Balaban J connectivity index is 0.00000121. The Hall–Kier alpha value is -4.06. The van der Waals surface area contributed by atoms with Crippen LogP contribution in [0.3, 0.4) is 0 Å². The molecular formula is C25H33N9O2S. The predicted molar refractivity (Wildman–Crippen MR) is 151 cm³/mol. The van der Waals surface area contributed by atoms with Crippen LogP contribution in [0.5, 0.6) is 0 Å². The molecule has 1 aliphatic rings. The van der Waals surface area contributed by atoms with Crippen molar-refractivity contribution in [1.82, 2.24) is 25.6 Å². The van der Waals surface area contributed by atoms with Crippen LogP contribution in [-0.4, -0.2) is 65.0 Å². The lowest BCUT2D eigenvalue weighted by Crippen LogP contribution is -2.47. The first-order valence-electron chi connectivity index (χ1n) is 11.8. The first kappa shape index (κ1) is 27.5. The van der Waals surface area contributed by atoms with Gasteiger partial charge in [0.1, 0.15) is 23.0 Å². The Morgan fingerprint density at radius 2 is 1.84 bits per heavy atom. The van der Waals surface area contributed by atoms with Crippen molar-refractivity contribution in [2.75, 3.05) is 53.4 Å². The number of nitrogen functional groups attached to an aromatic ring is 1. The zero-order valence-electron chi connectivity index (χ0n) is 21.4. The van der Waals surface area contributed by atoms with Crippen molar-refractivity contribution in [2.45, 2.75) is 19.9 Å². The second kappa shape index (κ2) is 13.3. The summed E-state index contributed by atoms with van der Waals surface area (Å²) in [6, 6.07) is 12.7. The SMILES string of the molecule is CC(C)NC(=O)c1cnc(Nc2ccc(N3CCNC(=O)C3)cc2)nc1Nc1cccc(N)n1.CSC. The molecule has 3 aromatic rings. The zero-order chi connectivity index (χ0) is 26.8. The van der Waals surface area contributed by atoms with E-state index in [1.807, 2.05) is 55.5 Å². The summed E-state index contributed by atoms with van der Waals surface area (Å²) in [4.78, 5) is 39.4. The molecule has 11 nitrogen and oxygen atoms in total. The number of thioether (sulfide) groups is 1. The van der Waals surface area contributed by atoms with Crippen molar-refractivity contribution in [1.29, 1.82) is 0 Å². The van der Waals surface area contributed by atoms with Gasteiger partial charge in [-0.1, -0.05) is 6.07 Å². The van der Waals surface area contributed by atoms with Crippen LogP contribution in [0.4, 0.5) is 34.8 Å². The molecule has 1 saturated heterocycles. The highest BCUT2D eigenvalue weighted by atomic mass is 32.2. The number of nitrogens with zero attached hydrogens (tertiary/aromatic N) is 4. The van der Waals surface area contributed by atoms with Gasteiger partial charge >= 0.3 is 0 Å². The summed E-state index contributed by atoms with van der Waals surface area (Å²) in [5.74, 6) is 1.11. The van der Waals surface area contributed by atoms with Crippen LogP contribution in [0.1, 0.15) is 24.2 Å². The maximum absolute atomic E-state index is 12.7. The van der Waals surface area contributed by atoms with Crippen molar-refractivity contribution in [3.63, 3.8) is 0 Å². The number of carbonyl (C=O) groups is 2. The Kier molecular flexibility index (Phi) is 9.90. The van der Waals surface area contributed by atoms with Gasteiger partial charge in [-0.3, -0.25) is 9.59 Å². The van der Waals surface area contributed by atoms with Gasteiger partial charge < -0.3 is 31.9 Å². The lowest BCUT2D eigenvalue weighted by atomic mass is 10.2. The number of hydrogen-bond donors (Lipinski definition) is 5. The standard InChI is InChI=1S/C23H27N9O2.C2H6S/c1-14(2)27-22(34)17-12-26-23(31-21(17)30-19-5-3-4-18(24)29-19)28-15-6-8-16(9-7-15)32-11-10-25-20(33)13-32;1-3-2/h3-9,12,14H,10-11,13H2,1-2H3,(H,25,33)(H,27,34)(H4,24,26,28,29,30,31);1-2H3. The first-order chi connectivity index (χ1) is 17.8. The molecule has 0 saturated carbocycles. The number of benzene rings is 1. The van der Waals surface area contributed by atoms with E-state index < -0.39 is 0 Å². The van der Waals surface area contributed by atoms with Crippen LogP contribution < -0.4 is 31.9 Å². The van der Waals surface area contributed by atoms with Crippen LogP contribution in [0.25, 0.3) is 0 Å². The summed E-state index contributed by atoms with van der Waals surface area (Å²) in [5, 5.41) is 11.9. The smallest absolute Gasteiger partial charge is 0.256 e. The van der Waals surface area contributed by atoms with Gasteiger partial charge in [0, 0.05) is 36.7 Å². The molecule has 2 amide bonds. The summed E-state index contributed by atoms with van der Waals surface area (Å²) in [7, 11) is 0. The average Bonchev–Trinajstić information content (AvgIpc) is 2.85. The summed E-state index contributed by atoms with van der Waals surface area (Å²) in [6.07, 6.45) is 5.54. The number of anilines is 6. The second-order valence-electron chi connectivity index (χ2n) is 8.51. The van der Waals surface area contributed by atoms with Crippen LogP contribution in [0, 0.1) is 0 Å². The lowest BCUT2D eigenvalue weighted by Gasteiger charge is -2.28. The number of amides is 2. The summed E-state index contributed by atoms with van der Waals surface area (Å²) < 4.78 is 0. The number of hydrogen-bond acceptors (Lipinski definition) is 10. The normalized spacial score (nSPS) is 12.8. The molecule has 6 N–H and O–H groups in total. The molecule has 3 heterocycles. The molecule has 196 valence electrons. The van der Waals surface area contributed by atoms with Gasteiger partial charge in [0.25, 0.3) is 5.91 Å². The summed E-state index contributed by atoms with van der Waals surface area (Å²) in [5.41, 5.74) is 7.78. The molecule has 0 unspecified atom stereocenters. The Bertz CT molecular complexity index is 1210. The van der Waals surface area contributed by atoms with E-state index in [0.717, 1.165) is 17.9 Å². The van der Waals surface area contributed by atoms with Crippen LogP contribution in [0.15, 0.2) is 48.7 Å². The van der Waals surface area contributed by atoms with E-state index in [2.05, 4.69) is 36.2 Å². The van der Waals surface area contributed by atoms with Crippen LogP contribution in [-0.2, 0) is 4.79 Å². The third kappa shape index (κ3) is 8.24. The van der Waals surface area contributed by atoms with Crippen molar-refractivity contribution in [3.8, 4) is 0 Å². The van der Waals surface area contributed by atoms with Crippen molar-refractivity contribution >= 4 is 58.4 Å². The fraction of sp³-hybridized carbons (Fsp3) is 0.320. The topological polar surface area (TPSA) is 150 Å². The molecule has 1 aromatic carbocycles. The van der Waals surface area contributed by atoms with Crippen LogP contribution in [0.2, 0.25) is 0 Å². The van der Waals surface area contributed by atoms with E-state index in [9.17, 15) is 9.59 Å². The number of rotatable bonds is 7. The molecule has 0 radical (unpaired) electrons. The van der Waals surface area contributed by atoms with E-state index in [1.165, 1.54) is 6.20 Å². The predicted octanol–water partition coefficient (Wildman–Crippen LogP) is 2.99. The number of nitrogens with one attached hydrogen (secondary N) is 4. The number of carbonyl (C=O) groups excluding carboxylic acids is 2. The fourth-order valence-electron chi connectivity index (χ4n) is 3.43. The van der Waals surface area contributed by atoms with Gasteiger partial charge in [-0.25, -0.2) is 9.97 Å². The summed E-state index contributed by atoms with van der Waals surface area (Å²) in [6.45, 7) is 5.47. The first-order valence-corrected chi connectivity index (χ1v) is 13.4.